The molecule has 0 bridgehead atoms. The van der Waals surface area contributed by atoms with Gasteiger partial charge in [0.25, 0.3) is 0 Å². The SMILES string of the molecule is CCCN(CC(=O)O)Cc1cccc(OC2CCCC2)c1. The molecule has 0 atom stereocenters. The number of ether oxygens (including phenoxy) is 1. The molecule has 1 aliphatic rings. The van der Waals surface area contributed by atoms with E-state index in [1.54, 1.807) is 0 Å². The molecule has 1 saturated carbocycles. The summed E-state index contributed by atoms with van der Waals surface area (Å²) < 4.78 is 6.00. The lowest BCUT2D eigenvalue weighted by Crippen LogP contribution is -2.30. The Morgan fingerprint density at radius 1 is 1.38 bits per heavy atom. The number of aliphatic carboxylic acids is 1. The fraction of sp³-hybridized carbons (Fsp3) is 0.588. The zero-order valence-electron chi connectivity index (χ0n) is 12.8. The highest BCUT2D eigenvalue weighted by molar-refractivity contribution is 5.69. The van der Waals surface area contributed by atoms with Crippen molar-refractivity contribution >= 4 is 5.97 Å². The van der Waals surface area contributed by atoms with Gasteiger partial charge in [0.15, 0.2) is 0 Å². The maximum atomic E-state index is 10.9. The van der Waals surface area contributed by atoms with Gasteiger partial charge >= 0.3 is 5.97 Å². The summed E-state index contributed by atoms with van der Waals surface area (Å²) in [5.41, 5.74) is 1.11. The van der Waals surface area contributed by atoms with Crippen molar-refractivity contribution < 1.29 is 14.6 Å². The van der Waals surface area contributed by atoms with Crippen LogP contribution in [-0.2, 0) is 11.3 Å². The third kappa shape index (κ3) is 5.38. The number of hydrogen-bond donors (Lipinski definition) is 1. The molecule has 0 amide bonds. The molecule has 0 aromatic heterocycles. The standard InChI is InChI=1S/C17H25NO3/c1-2-10-18(13-17(19)20)12-14-6-5-9-16(11-14)21-15-7-3-4-8-15/h5-6,9,11,15H,2-4,7-8,10,12-13H2,1H3,(H,19,20). The van der Waals surface area contributed by atoms with Gasteiger partial charge in [-0.05, 0) is 56.3 Å². The van der Waals surface area contributed by atoms with Gasteiger partial charge in [0, 0.05) is 6.54 Å². The van der Waals surface area contributed by atoms with Crippen molar-refractivity contribution in [3.05, 3.63) is 29.8 Å². The summed E-state index contributed by atoms with van der Waals surface area (Å²) >= 11 is 0. The first-order valence-electron chi connectivity index (χ1n) is 7.87. The van der Waals surface area contributed by atoms with Gasteiger partial charge in [0.1, 0.15) is 5.75 Å². The second-order valence-electron chi connectivity index (χ2n) is 5.78. The summed E-state index contributed by atoms with van der Waals surface area (Å²) in [6.45, 7) is 3.60. The fourth-order valence-electron chi connectivity index (χ4n) is 2.90. The van der Waals surface area contributed by atoms with Gasteiger partial charge in [0.05, 0.1) is 12.6 Å². The highest BCUT2D eigenvalue weighted by Gasteiger charge is 2.16. The molecular formula is C17H25NO3. The number of rotatable bonds is 8. The molecule has 0 radical (unpaired) electrons. The summed E-state index contributed by atoms with van der Waals surface area (Å²) in [4.78, 5) is 12.9. The predicted molar refractivity (Wildman–Crippen MR) is 82.5 cm³/mol. The van der Waals surface area contributed by atoms with E-state index in [0.717, 1.165) is 37.1 Å². The van der Waals surface area contributed by atoms with Crippen LogP contribution in [0.1, 0.15) is 44.6 Å². The Kier molecular flexibility index (Phi) is 6.05. The Hall–Kier alpha value is -1.55. The predicted octanol–water partition coefficient (Wildman–Crippen LogP) is 3.30. The second kappa shape index (κ2) is 8.03. The molecule has 0 saturated heterocycles. The van der Waals surface area contributed by atoms with E-state index in [-0.39, 0.29) is 6.54 Å². The summed E-state index contributed by atoms with van der Waals surface area (Å²) in [5.74, 6) is 0.132. The zero-order chi connectivity index (χ0) is 15.1. The Morgan fingerprint density at radius 2 is 2.14 bits per heavy atom. The minimum Gasteiger partial charge on any atom is -0.490 e. The average molecular weight is 291 g/mol. The number of benzene rings is 1. The first-order chi connectivity index (χ1) is 10.2. The van der Waals surface area contributed by atoms with Gasteiger partial charge in [-0.2, -0.15) is 0 Å². The van der Waals surface area contributed by atoms with Crippen LogP contribution in [-0.4, -0.2) is 35.2 Å². The van der Waals surface area contributed by atoms with Crippen molar-refractivity contribution in [1.29, 1.82) is 0 Å². The smallest absolute Gasteiger partial charge is 0.317 e. The van der Waals surface area contributed by atoms with Crippen LogP contribution < -0.4 is 4.74 Å². The van der Waals surface area contributed by atoms with Gasteiger partial charge in [-0.25, -0.2) is 0 Å². The molecule has 21 heavy (non-hydrogen) atoms. The van der Waals surface area contributed by atoms with Crippen LogP contribution in [0, 0.1) is 0 Å². The number of carbonyl (C=O) groups is 1. The molecular weight excluding hydrogens is 266 g/mol. The molecule has 0 heterocycles. The highest BCUT2D eigenvalue weighted by atomic mass is 16.5. The van der Waals surface area contributed by atoms with Crippen LogP contribution >= 0.6 is 0 Å². The number of nitrogens with zero attached hydrogens (tertiary/aromatic N) is 1. The Morgan fingerprint density at radius 3 is 2.81 bits per heavy atom. The minimum atomic E-state index is -0.776. The Bertz CT molecular complexity index is 455. The zero-order valence-corrected chi connectivity index (χ0v) is 12.8. The molecule has 0 aliphatic heterocycles. The van der Waals surface area contributed by atoms with Crippen molar-refractivity contribution in [3.8, 4) is 5.75 Å². The largest absolute Gasteiger partial charge is 0.490 e. The van der Waals surface area contributed by atoms with E-state index >= 15 is 0 Å². The monoisotopic (exact) mass is 291 g/mol. The topological polar surface area (TPSA) is 49.8 Å². The number of carboxylic acid groups (broad SMARTS) is 1. The molecule has 1 aliphatic carbocycles. The van der Waals surface area contributed by atoms with Gasteiger partial charge < -0.3 is 9.84 Å². The van der Waals surface area contributed by atoms with Crippen LogP contribution in [0.5, 0.6) is 5.75 Å². The molecule has 4 nitrogen and oxygen atoms in total. The lowest BCUT2D eigenvalue weighted by Gasteiger charge is -2.20. The molecule has 1 aromatic carbocycles. The van der Waals surface area contributed by atoms with E-state index in [2.05, 4.69) is 6.92 Å². The summed E-state index contributed by atoms with van der Waals surface area (Å²) in [7, 11) is 0. The van der Waals surface area contributed by atoms with E-state index in [1.165, 1.54) is 12.8 Å². The molecule has 0 spiro atoms. The molecule has 0 unspecified atom stereocenters. The van der Waals surface area contributed by atoms with E-state index in [0.29, 0.717) is 12.6 Å². The third-order valence-corrected chi connectivity index (χ3v) is 3.81. The maximum Gasteiger partial charge on any atom is 0.317 e. The molecule has 116 valence electrons. The van der Waals surface area contributed by atoms with Gasteiger partial charge in [0.2, 0.25) is 0 Å². The van der Waals surface area contributed by atoms with Crippen LogP contribution in [0.4, 0.5) is 0 Å². The minimum absolute atomic E-state index is 0.0849. The third-order valence-electron chi connectivity index (χ3n) is 3.81. The van der Waals surface area contributed by atoms with Gasteiger partial charge in [-0.3, -0.25) is 9.69 Å². The van der Waals surface area contributed by atoms with E-state index in [1.807, 2.05) is 29.2 Å². The first-order valence-corrected chi connectivity index (χ1v) is 7.87. The first kappa shape index (κ1) is 15.8. The molecule has 4 heteroatoms. The van der Waals surface area contributed by atoms with Crippen molar-refractivity contribution in [1.82, 2.24) is 4.90 Å². The van der Waals surface area contributed by atoms with Crippen LogP contribution in [0.15, 0.2) is 24.3 Å². The molecule has 1 aromatic rings. The fourth-order valence-corrected chi connectivity index (χ4v) is 2.90. The van der Waals surface area contributed by atoms with E-state index in [4.69, 9.17) is 9.84 Å². The number of carboxylic acids is 1. The summed E-state index contributed by atoms with van der Waals surface area (Å²) in [6, 6.07) is 8.06. The Balaban J connectivity index is 1.96. The van der Waals surface area contributed by atoms with Crippen LogP contribution in [0.2, 0.25) is 0 Å². The van der Waals surface area contributed by atoms with Crippen molar-refractivity contribution in [3.63, 3.8) is 0 Å². The lowest BCUT2D eigenvalue weighted by atomic mass is 10.2. The van der Waals surface area contributed by atoms with Crippen LogP contribution in [0.25, 0.3) is 0 Å². The van der Waals surface area contributed by atoms with E-state index in [9.17, 15) is 4.79 Å². The van der Waals surface area contributed by atoms with Crippen molar-refractivity contribution in [2.45, 2.75) is 51.7 Å². The van der Waals surface area contributed by atoms with E-state index < -0.39 is 5.97 Å². The average Bonchev–Trinajstić information content (AvgIpc) is 2.91. The molecule has 2 rings (SSSR count). The molecule has 1 N–H and O–H groups in total. The summed E-state index contributed by atoms with van der Waals surface area (Å²) in [6.07, 6.45) is 6.11. The normalized spacial score (nSPS) is 15.5. The molecule has 1 fully saturated rings. The van der Waals surface area contributed by atoms with Crippen molar-refractivity contribution in [2.75, 3.05) is 13.1 Å². The Labute approximate surface area is 126 Å². The quantitative estimate of drug-likeness (QED) is 0.798. The highest BCUT2D eigenvalue weighted by Crippen LogP contribution is 2.24. The van der Waals surface area contributed by atoms with Gasteiger partial charge in [-0.15, -0.1) is 0 Å². The van der Waals surface area contributed by atoms with Crippen molar-refractivity contribution in [2.24, 2.45) is 0 Å². The van der Waals surface area contributed by atoms with Crippen LogP contribution in [0.3, 0.4) is 0 Å². The lowest BCUT2D eigenvalue weighted by molar-refractivity contribution is -0.138. The summed E-state index contributed by atoms with van der Waals surface area (Å²) in [5, 5.41) is 8.97. The van der Waals surface area contributed by atoms with Gasteiger partial charge in [-0.1, -0.05) is 19.1 Å². The maximum absolute atomic E-state index is 10.9. The second-order valence-corrected chi connectivity index (χ2v) is 5.78. The number of hydrogen-bond acceptors (Lipinski definition) is 3.